The smallest absolute Gasteiger partial charge is 0.452 e. The molecule has 0 aliphatic heterocycles. The molecule has 6 nitrogen and oxygen atoms in total. The fraction of sp³-hybridized carbons (Fsp3) is 0.154. The van der Waals surface area contributed by atoms with Crippen LogP contribution >= 0.6 is 0 Å². The summed E-state index contributed by atoms with van der Waals surface area (Å²) in [4.78, 5) is 25.4. The van der Waals surface area contributed by atoms with Crippen LogP contribution in [0.25, 0.3) is 5.53 Å². The maximum absolute atomic E-state index is 11.5. The number of rotatable bonds is 6. The first-order valence-electron chi connectivity index (χ1n) is 5.40. The molecule has 0 aromatic heterocycles. The molecule has 0 N–H and O–H groups in total. The van der Waals surface area contributed by atoms with Crippen LogP contribution in [-0.4, -0.2) is 29.0 Å². The largest absolute Gasteiger partial charge is 0.482 e. The van der Waals surface area contributed by atoms with E-state index in [9.17, 15) is 9.59 Å². The monoisotopic (exact) mass is 260 g/mol. The summed E-state index contributed by atoms with van der Waals surface area (Å²) in [6.45, 7) is 3.22. The number of carbonyl (C=O) groups is 2. The fourth-order valence-electron chi connectivity index (χ4n) is 1.16. The number of ether oxygens (including phenoxy) is 2. The molecule has 1 aromatic rings. The van der Waals surface area contributed by atoms with Crippen molar-refractivity contribution in [3.8, 4) is 0 Å². The molecule has 6 heteroatoms. The second-order valence-corrected chi connectivity index (χ2v) is 3.40. The standard InChI is InChI=1S/C13H12N2O4/c1-2-8-18-12(16)11(15-14)13(17)19-9-10-6-4-3-5-7-10/h2-7H,1,8-9H2. The Morgan fingerprint density at radius 1 is 1.21 bits per heavy atom. The predicted molar refractivity (Wildman–Crippen MR) is 66.0 cm³/mol. The lowest BCUT2D eigenvalue weighted by Gasteiger charge is -2.02. The number of hydrogen-bond donors (Lipinski definition) is 0. The quantitative estimate of drug-likeness (QED) is 0.191. The van der Waals surface area contributed by atoms with Gasteiger partial charge in [0.05, 0.1) is 0 Å². The average Bonchev–Trinajstić information content (AvgIpc) is 2.44. The number of hydrogen-bond acceptors (Lipinski definition) is 4. The molecular weight excluding hydrogens is 248 g/mol. The van der Waals surface area contributed by atoms with E-state index >= 15 is 0 Å². The van der Waals surface area contributed by atoms with Gasteiger partial charge in [0.1, 0.15) is 13.2 Å². The summed E-state index contributed by atoms with van der Waals surface area (Å²) in [5, 5.41) is 0. The average molecular weight is 260 g/mol. The van der Waals surface area contributed by atoms with Crippen LogP contribution in [0.5, 0.6) is 0 Å². The molecule has 1 rings (SSSR count). The zero-order valence-electron chi connectivity index (χ0n) is 10.1. The van der Waals surface area contributed by atoms with E-state index in [0.29, 0.717) is 0 Å². The molecule has 0 radical (unpaired) electrons. The molecule has 1 aromatic carbocycles. The lowest BCUT2D eigenvalue weighted by atomic mass is 10.2. The summed E-state index contributed by atoms with van der Waals surface area (Å²) in [6, 6.07) is 8.88. The van der Waals surface area contributed by atoms with E-state index in [1.807, 2.05) is 6.07 Å². The Kier molecular flexibility index (Phi) is 5.72. The minimum absolute atomic E-state index is 0.0343. The van der Waals surface area contributed by atoms with Gasteiger partial charge in [0.15, 0.2) is 0 Å². The van der Waals surface area contributed by atoms with Crippen LogP contribution in [0.3, 0.4) is 0 Å². The van der Waals surface area contributed by atoms with Crippen LogP contribution in [0.2, 0.25) is 0 Å². The van der Waals surface area contributed by atoms with Crippen molar-refractivity contribution < 1.29 is 23.9 Å². The summed E-state index contributed by atoms with van der Waals surface area (Å²) < 4.78 is 9.39. The molecule has 0 saturated heterocycles. The maximum atomic E-state index is 11.5. The molecule has 0 heterocycles. The maximum Gasteiger partial charge on any atom is 0.482 e. The van der Waals surface area contributed by atoms with Crippen molar-refractivity contribution in [2.45, 2.75) is 6.61 Å². The van der Waals surface area contributed by atoms with E-state index in [1.165, 1.54) is 6.08 Å². The van der Waals surface area contributed by atoms with Crippen molar-refractivity contribution in [2.24, 2.45) is 0 Å². The molecule has 0 saturated carbocycles. The highest BCUT2D eigenvalue weighted by atomic mass is 16.6. The Bertz CT molecular complexity index is 519. The van der Waals surface area contributed by atoms with Crippen LogP contribution in [-0.2, 0) is 25.7 Å². The van der Waals surface area contributed by atoms with Gasteiger partial charge in [-0.05, 0) is 5.56 Å². The fourth-order valence-corrected chi connectivity index (χ4v) is 1.16. The number of carbonyl (C=O) groups excluding carboxylic acids is 2. The van der Waals surface area contributed by atoms with Gasteiger partial charge in [-0.1, -0.05) is 43.0 Å². The number of nitrogens with zero attached hydrogens (tertiary/aromatic N) is 2. The summed E-state index contributed by atoms with van der Waals surface area (Å²) >= 11 is 0. The zero-order chi connectivity index (χ0) is 14.1. The van der Waals surface area contributed by atoms with Crippen LogP contribution in [0.15, 0.2) is 43.0 Å². The summed E-state index contributed by atoms with van der Waals surface area (Å²) in [6.07, 6.45) is 1.32. The summed E-state index contributed by atoms with van der Waals surface area (Å²) in [7, 11) is 0. The molecule has 0 fully saturated rings. The van der Waals surface area contributed by atoms with Gasteiger partial charge in [0, 0.05) is 0 Å². The molecule has 0 aliphatic carbocycles. The SMILES string of the molecule is C=CCOC(=O)C(=[N+]=[N-])C(=O)OCc1ccccc1. The van der Waals surface area contributed by atoms with Gasteiger partial charge in [-0.2, -0.15) is 4.79 Å². The molecule has 19 heavy (non-hydrogen) atoms. The highest BCUT2D eigenvalue weighted by Gasteiger charge is 2.33. The second-order valence-electron chi connectivity index (χ2n) is 3.40. The minimum atomic E-state index is -1.07. The van der Waals surface area contributed by atoms with Crippen molar-refractivity contribution >= 4 is 17.7 Å². The van der Waals surface area contributed by atoms with Crippen molar-refractivity contribution in [3.63, 3.8) is 0 Å². The Hall–Kier alpha value is -2.72. The van der Waals surface area contributed by atoms with Gasteiger partial charge < -0.3 is 15.0 Å². The lowest BCUT2D eigenvalue weighted by Crippen LogP contribution is -2.29. The molecule has 0 aliphatic rings. The van der Waals surface area contributed by atoms with Crippen LogP contribution < -0.4 is 0 Å². The normalized spacial score (nSPS) is 9.05. The predicted octanol–water partition coefficient (Wildman–Crippen LogP) is 1.13. The van der Waals surface area contributed by atoms with E-state index in [1.54, 1.807) is 24.3 Å². The molecule has 0 atom stereocenters. The van der Waals surface area contributed by atoms with Gasteiger partial charge in [-0.15, -0.1) is 0 Å². The molecular formula is C13H12N2O4. The van der Waals surface area contributed by atoms with E-state index in [0.717, 1.165) is 5.56 Å². The molecule has 0 unspecified atom stereocenters. The van der Waals surface area contributed by atoms with E-state index in [2.05, 4.69) is 16.1 Å². The lowest BCUT2D eigenvalue weighted by molar-refractivity contribution is -0.149. The van der Waals surface area contributed by atoms with Gasteiger partial charge in [0.25, 0.3) is 0 Å². The van der Waals surface area contributed by atoms with Crippen LogP contribution in [0, 0.1) is 0 Å². The topological polar surface area (TPSA) is 89.0 Å². The summed E-state index contributed by atoms with van der Waals surface area (Å²) in [5.74, 6) is -2.12. The third kappa shape index (κ3) is 4.57. The first-order valence-corrected chi connectivity index (χ1v) is 5.40. The molecule has 0 amide bonds. The molecule has 0 bridgehead atoms. The Balaban J connectivity index is 2.58. The van der Waals surface area contributed by atoms with Crippen LogP contribution in [0.1, 0.15) is 5.56 Å². The molecule has 0 spiro atoms. The number of benzene rings is 1. The first-order chi connectivity index (χ1) is 9.19. The van der Waals surface area contributed by atoms with Gasteiger partial charge in [-0.3, -0.25) is 0 Å². The van der Waals surface area contributed by atoms with E-state index in [4.69, 9.17) is 10.3 Å². The van der Waals surface area contributed by atoms with E-state index in [-0.39, 0.29) is 13.2 Å². The van der Waals surface area contributed by atoms with Crippen molar-refractivity contribution in [2.75, 3.05) is 6.61 Å². The first kappa shape index (κ1) is 14.3. The molecule has 98 valence electrons. The zero-order valence-corrected chi connectivity index (χ0v) is 10.1. The van der Waals surface area contributed by atoms with Crippen molar-refractivity contribution in [1.82, 2.24) is 0 Å². The van der Waals surface area contributed by atoms with Crippen molar-refractivity contribution in [1.29, 1.82) is 0 Å². The number of esters is 2. The van der Waals surface area contributed by atoms with Gasteiger partial charge in [-0.25, -0.2) is 9.59 Å². The van der Waals surface area contributed by atoms with Gasteiger partial charge >= 0.3 is 17.7 Å². The Morgan fingerprint density at radius 2 is 1.84 bits per heavy atom. The van der Waals surface area contributed by atoms with Gasteiger partial charge in [0.2, 0.25) is 0 Å². The highest BCUT2D eigenvalue weighted by molar-refractivity contribution is 6.60. The Labute approximate surface area is 109 Å². The highest BCUT2D eigenvalue weighted by Crippen LogP contribution is 2.01. The van der Waals surface area contributed by atoms with Crippen LogP contribution in [0.4, 0.5) is 0 Å². The summed E-state index contributed by atoms with van der Waals surface area (Å²) in [5.41, 5.74) is 8.56. The minimum Gasteiger partial charge on any atom is -0.452 e. The third-order valence-electron chi connectivity index (χ3n) is 2.03. The van der Waals surface area contributed by atoms with E-state index < -0.39 is 17.7 Å². The van der Waals surface area contributed by atoms with Crippen molar-refractivity contribution in [3.05, 3.63) is 54.1 Å². The Morgan fingerprint density at radius 3 is 2.42 bits per heavy atom. The third-order valence-corrected chi connectivity index (χ3v) is 2.03. The second kappa shape index (κ2) is 7.58.